The van der Waals surface area contributed by atoms with Gasteiger partial charge in [0, 0.05) is 13.1 Å². The van der Waals surface area contributed by atoms with E-state index in [2.05, 4.69) is 36.3 Å². The van der Waals surface area contributed by atoms with Gasteiger partial charge in [-0.05, 0) is 45.4 Å². The highest BCUT2D eigenvalue weighted by atomic mass is 16.2. The van der Waals surface area contributed by atoms with E-state index in [-0.39, 0.29) is 11.3 Å². The minimum absolute atomic E-state index is 0.108. The maximum Gasteiger partial charge on any atom is 0.226 e. The Kier molecular flexibility index (Phi) is 7.39. The first kappa shape index (κ1) is 16.4. The van der Waals surface area contributed by atoms with Gasteiger partial charge in [-0.2, -0.15) is 0 Å². The molecule has 0 atom stereocenters. The van der Waals surface area contributed by atoms with Crippen LogP contribution in [-0.2, 0) is 4.79 Å². The van der Waals surface area contributed by atoms with Crippen LogP contribution in [0.4, 0.5) is 0 Å². The van der Waals surface area contributed by atoms with E-state index in [9.17, 15) is 4.79 Å². The molecule has 1 rings (SSSR count). The third-order valence-corrected chi connectivity index (χ3v) is 4.38. The average Bonchev–Trinajstić information content (AvgIpc) is 2.44. The molecule has 1 aliphatic rings. The van der Waals surface area contributed by atoms with Crippen LogP contribution in [0.3, 0.4) is 0 Å². The number of hydrogen-bond acceptors (Lipinski definition) is 3. The molecule has 0 spiro atoms. The minimum Gasteiger partial charge on any atom is -0.354 e. The first-order valence-corrected chi connectivity index (χ1v) is 7.90. The fraction of sp³-hybridized carbons (Fsp3) is 0.933. The van der Waals surface area contributed by atoms with E-state index in [4.69, 9.17) is 0 Å². The molecule has 1 amide bonds. The van der Waals surface area contributed by atoms with Crippen molar-refractivity contribution in [3.63, 3.8) is 0 Å². The Labute approximate surface area is 118 Å². The minimum atomic E-state index is -0.108. The van der Waals surface area contributed by atoms with Gasteiger partial charge in [0.25, 0.3) is 0 Å². The van der Waals surface area contributed by atoms with Crippen LogP contribution < -0.4 is 10.6 Å². The molecule has 4 nitrogen and oxygen atoms in total. The highest BCUT2D eigenvalue weighted by molar-refractivity contribution is 5.82. The highest BCUT2D eigenvalue weighted by Crippen LogP contribution is 2.34. The topological polar surface area (TPSA) is 44.4 Å². The second kappa shape index (κ2) is 8.54. The molecule has 0 aromatic rings. The Morgan fingerprint density at radius 2 is 1.84 bits per heavy atom. The Balaban J connectivity index is 2.44. The number of piperidine rings is 1. The highest BCUT2D eigenvalue weighted by Gasteiger charge is 2.38. The van der Waals surface area contributed by atoms with Crippen molar-refractivity contribution in [1.29, 1.82) is 0 Å². The molecule has 2 N–H and O–H groups in total. The molecular weight excluding hydrogens is 238 g/mol. The molecule has 1 aliphatic heterocycles. The molecule has 1 heterocycles. The van der Waals surface area contributed by atoms with Crippen LogP contribution >= 0.6 is 0 Å². The van der Waals surface area contributed by atoms with Gasteiger partial charge in [0.15, 0.2) is 0 Å². The third-order valence-electron chi connectivity index (χ3n) is 4.38. The van der Waals surface area contributed by atoms with Crippen LogP contribution in [0.15, 0.2) is 0 Å². The molecule has 0 bridgehead atoms. The summed E-state index contributed by atoms with van der Waals surface area (Å²) in [7, 11) is 0. The van der Waals surface area contributed by atoms with Gasteiger partial charge >= 0.3 is 0 Å². The lowest BCUT2D eigenvalue weighted by atomic mass is 9.74. The summed E-state index contributed by atoms with van der Waals surface area (Å²) in [6.45, 7) is 12.3. The van der Waals surface area contributed by atoms with Gasteiger partial charge in [0.05, 0.1) is 5.41 Å². The predicted molar refractivity (Wildman–Crippen MR) is 80.2 cm³/mol. The van der Waals surface area contributed by atoms with Gasteiger partial charge in [-0.15, -0.1) is 0 Å². The number of amides is 1. The quantitative estimate of drug-likeness (QED) is 0.704. The summed E-state index contributed by atoms with van der Waals surface area (Å²) in [5, 5.41) is 6.53. The van der Waals surface area contributed by atoms with E-state index in [1.807, 2.05) is 0 Å². The Morgan fingerprint density at radius 3 is 2.37 bits per heavy atom. The maximum absolute atomic E-state index is 12.5. The van der Waals surface area contributed by atoms with Crippen LogP contribution in [0.2, 0.25) is 0 Å². The van der Waals surface area contributed by atoms with E-state index in [1.165, 1.54) is 0 Å². The zero-order valence-electron chi connectivity index (χ0n) is 12.9. The molecule has 19 heavy (non-hydrogen) atoms. The van der Waals surface area contributed by atoms with Gasteiger partial charge in [-0.3, -0.25) is 4.79 Å². The summed E-state index contributed by atoms with van der Waals surface area (Å²) in [5.74, 6) is 0.281. The molecular formula is C15H31N3O. The van der Waals surface area contributed by atoms with Crippen molar-refractivity contribution in [2.45, 2.75) is 46.5 Å². The Morgan fingerprint density at radius 1 is 1.21 bits per heavy atom. The van der Waals surface area contributed by atoms with Crippen molar-refractivity contribution in [3.05, 3.63) is 0 Å². The van der Waals surface area contributed by atoms with Gasteiger partial charge in [0.2, 0.25) is 5.91 Å². The van der Waals surface area contributed by atoms with Gasteiger partial charge in [-0.1, -0.05) is 27.2 Å². The molecule has 1 saturated heterocycles. The zero-order chi connectivity index (χ0) is 14.1. The first-order chi connectivity index (χ1) is 9.18. The van der Waals surface area contributed by atoms with Crippen molar-refractivity contribution in [2.75, 3.05) is 39.3 Å². The van der Waals surface area contributed by atoms with Crippen LogP contribution in [-0.4, -0.2) is 50.1 Å². The maximum atomic E-state index is 12.5. The lowest BCUT2D eigenvalue weighted by Gasteiger charge is -2.36. The monoisotopic (exact) mass is 269 g/mol. The van der Waals surface area contributed by atoms with Crippen molar-refractivity contribution in [3.8, 4) is 0 Å². The fourth-order valence-corrected chi connectivity index (χ4v) is 3.03. The van der Waals surface area contributed by atoms with Crippen molar-refractivity contribution >= 4 is 5.91 Å². The molecule has 1 fully saturated rings. The summed E-state index contributed by atoms with van der Waals surface area (Å²) < 4.78 is 0. The van der Waals surface area contributed by atoms with E-state index in [0.29, 0.717) is 0 Å². The molecule has 0 aromatic heterocycles. The predicted octanol–water partition coefficient (Wildman–Crippen LogP) is 1.61. The SMILES string of the molecule is CCCC1(C(=O)NCCN(CC)CC)CCNCC1. The van der Waals surface area contributed by atoms with E-state index >= 15 is 0 Å². The van der Waals surface area contributed by atoms with Crippen molar-refractivity contribution < 1.29 is 4.79 Å². The van der Waals surface area contributed by atoms with Crippen LogP contribution in [0.25, 0.3) is 0 Å². The lowest BCUT2D eigenvalue weighted by Crippen LogP contribution is -2.49. The Bertz CT molecular complexity index is 253. The molecule has 0 unspecified atom stereocenters. The zero-order valence-corrected chi connectivity index (χ0v) is 12.9. The molecule has 112 valence electrons. The summed E-state index contributed by atoms with van der Waals surface area (Å²) in [6, 6.07) is 0. The second-order valence-electron chi connectivity index (χ2n) is 5.56. The van der Waals surface area contributed by atoms with Gasteiger partial charge < -0.3 is 15.5 Å². The van der Waals surface area contributed by atoms with Gasteiger partial charge in [-0.25, -0.2) is 0 Å². The largest absolute Gasteiger partial charge is 0.354 e. The second-order valence-corrected chi connectivity index (χ2v) is 5.56. The molecule has 4 heteroatoms. The number of carbonyl (C=O) groups is 1. The third kappa shape index (κ3) is 4.77. The number of rotatable bonds is 8. The number of nitrogens with zero attached hydrogens (tertiary/aromatic N) is 1. The number of hydrogen-bond donors (Lipinski definition) is 2. The molecule has 0 aromatic carbocycles. The smallest absolute Gasteiger partial charge is 0.226 e. The first-order valence-electron chi connectivity index (χ1n) is 7.90. The summed E-state index contributed by atoms with van der Waals surface area (Å²) in [6.07, 6.45) is 4.07. The summed E-state index contributed by atoms with van der Waals surface area (Å²) in [4.78, 5) is 14.9. The molecule has 0 aliphatic carbocycles. The number of nitrogens with one attached hydrogen (secondary N) is 2. The van der Waals surface area contributed by atoms with Crippen LogP contribution in [0.5, 0.6) is 0 Å². The van der Waals surface area contributed by atoms with Crippen molar-refractivity contribution in [2.24, 2.45) is 5.41 Å². The standard InChI is InChI=1S/C15H31N3O/c1-4-7-15(8-10-16-11-9-15)14(19)17-12-13-18(5-2)6-3/h16H,4-13H2,1-3H3,(H,17,19). The molecule has 0 radical (unpaired) electrons. The fourth-order valence-electron chi connectivity index (χ4n) is 3.03. The van der Waals surface area contributed by atoms with Crippen molar-refractivity contribution in [1.82, 2.24) is 15.5 Å². The van der Waals surface area contributed by atoms with Gasteiger partial charge in [0.1, 0.15) is 0 Å². The summed E-state index contributed by atoms with van der Waals surface area (Å²) in [5.41, 5.74) is -0.108. The lowest BCUT2D eigenvalue weighted by molar-refractivity contribution is -0.133. The Hall–Kier alpha value is -0.610. The molecule has 0 saturated carbocycles. The summed E-state index contributed by atoms with van der Waals surface area (Å²) >= 11 is 0. The average molecular weight is 269 g/mol. The van der Waals surface area contributed by atoms with Crippen LogP contribution in [0.1, 0.15) is 46.5 Å². The normalized spacial score (nSPS) is 18.5. The number of carbonyl (C=O) groups excluding carboxylic acids is 1. The number of likely N-dealkylation sites (N-methyl/N-ethyl adjacent to an activating group) is 1. The van der Waals surface area contributed by atoms with E-state index in [1.54, 1.807) is 0 Å². The van der Waals surface area contributed by atoms with Crippen LogP contribution in [0, 0.1) is 5.41 Å². The van der Waals surface area contributed by atoms with E-state index in [0.717, 1.165) is 65.0 Å². The van der Waals surface area contributed by atoms with E-state index < -0.39 is 0 Å².